The van der Waals surface area contributed by atoms with Crippen LogP contribution < -0.4 is 0 Å². The molecule has 1 saturated carbocycles. The second-order valence-electron chi connectivity index (χ2n) is 7.96. The van der Waals surface area contributed by atoms with Gasteiger partial charge in [0.05, 0.1) is 11.9 Å². The van der Waals surface area contributed by atoms with Crippen molar-refractivity contribution in [3.8, 4) is 11.3 Å². The highest BCUT2D eigenvalue weighted by molar-refractivity contribution is 5.95. The van der Waals surface area contributed by atoms with Crippen LogP contribution in [-0.2, 0) is 12.8 Å². The Morgan fingerprint density at radius 3 is 2.79 bits per heavy atom. The zero-order valence-corrected chi connectivity index (χ0v) is 16.1. The molecular weight excluding hydrogens is 348 g/mol. The number of aromatic nitrogens is 3. The number of pyridine rings is 1. The molecule has 0 spiro atoms. The van der Waals surface area contributed by atoms with Gasteiger partial charge in [-0.15, -0.1) is 0 Å². The second-order valence-corrected chi connectivity index (χ2v) is 7.96. The van der Waals surface area contributed by atoms with Gasteiger partial charge in [0.1, 0.15) is 0 Å². The van der Waals surface area contributed by atoms with E-state index in [0.717, 1.165) is 54.5 Å². The molecule has 0 aliphatic heterocycles. The van der Waals surface area contributed by atoms with Gasteiger partial charge in [0, 0.05) is 35.1 Å². The number of nitrogens with one attached hydrogen (secondary N) is 1. The Kier molecular flexibility index (Phi) is 4.23. The van der Waals surface area contributed by atoms with E-state index in [1.165, 1.54) is 11.3 Å². The molecule has 2 heterocycles. The zero-order chi connectivity index (χ0) is 19.1. The maximum atomic E-state index is 13.5. The molecule has 1 atom stereocenters. The third-order valence-corrected chi connectivity index (χ3v) is 5.97. The summed E-state index contributed by atoms with van der Waals surface area (Å²) in [7, 11) is 0. The molecule has 2 aliphatic carbocycles. The molecule has 0 radical (unpaired) electrons. The molecule has 2 aliphatic rings. The number of aryl methyl sites for hydroxylation is 2. The summed E-state index contributed by atoms with van der Waals surface area (Å²) in [5.74, 6) is 0.162. The summed E-state index contributed by atoms with van der Waals surface area (Å²) in [6.07, 6.45) is 8.82. The summed E-state index contributed by atoms with van der Waals surface area (Å²) in [6, 6.07) is 12.6. The minimum atomic E-state index is 0.162. The number of carbonyl (C=O) groups excluding carboxylic acids is 1. The highest BCUT2D eigenvalue weighted by Gasteiger charge is 2.39. The number of benzene rings is 1. The first-order valence-electron chi connectivity index (χ1n) is 10.1. The molecule has 3 aromatic rings. The summed E-state index contributed by atoms with van der Waals surface area (Å²) in [5, 5.41) is 7.27. The van der Waals surface area contributed by atoms with E-state index < -0.39 is 0 Å². The van der Waals surface area contributed by atoms with Gasteiger partial charge in [-0.25, -0.2) is 0 Å². The molecule has 2 aromatic heterocycles. The smallest absolute Gasteiger partial charge is 0.254 e. The lowest BCUT2D eigenvalue weighted by Gasteiger charge is -2.34. The summed E-state index contributed by atoms with van der Waals surface area (Å²) in [5.41, 5.74) is 6.38. The predicted octanol–water partition coefficient (Wildman–Crippen LogP) is 3.94. The Bertz CT molecular complexity index is 1010. The topological polar surface area (TPSA) is 61.9 Å². The summed E-state index contributed by atoms with van der Waals surface area (Å²) >= 11 is 0. The molecule has 1 amide bonds. The lowest BCUT2D eigenvalue weighted by molar-refractivity contribution is 0.0642. The monoisotopic (exact) mass is 372 g/mol. The Morgan fingerprint density at radius 2 is 2.04 bits per heavy atom. The minimum Gasteiger partial charge on any atom is -0.332 e. The van der Waals surface area contributed by atoms with E-state index in [-0.39, 0.29) is 11.9 Å². The lowest BCUT2D eigenvalue weighted by atomic mass is 9.91. The van der Waals surface area contributed by atoms with Gasteiger partial charge in [-0.3, -0.25) is 14.9 Å². The van der Waals surface area contributed by atoms with E-state index in [1.807, 2.05) is 42.6 Å². The molecule has 0 bridgehead atoms. The van der Waals surface area contributed by atoms with Crippen LogP contribution in [0.4, 0.5) is 0 Å². The first-order valence-corrected chi connectivity index (χ1v) is 10.1. The van der Waals surface area contributed by atoms with Gasteiger partial charge >= 0.3 is 0 Å². The molecule has 1 aromatic carbocycles. The van der Waals surface area contributed by atoms with Gasteiger partial charge in [0.25, 0.3) is 5.91 Å². The Labute approximate surface area is 164 Å². The van der Waals surface area contributed by atoms with Crippen molar-refractivity contribution in [2.75, 3.05) is 0 Å². The molecule has 5 rings (SSSR count). The Balaban J connectivity index is 1.42. The van der Waals surface area contributed by atoms with Gasteiger partial charge in [-0.05, 0) is 74.4 Å². The van der Waals surface area contributed by atoms with E-state index in [0.29, 0.717) is 6.04 Å². The maximum Gasteiger partial charge on any atom is 0.254 e. The Morgan fingerprint density at radius 1 is 1.14 bits per heavy atom. The minimum absolute atomic E-state index is 0.162. The molecule has 5 heteroatoms. The molecule has 5 nitrogen and oxygen atoms in total. The average molecular weight is 372 g/mol. The molecule has 142 valence electrons. The number of rotatable bonds is 4. The van der Waals surface area contributed by atoms with Crippen LogP contribution in [0.5, 0.6) is 0 Å². The molecule has 1 unspecified atom stereocenters. The van der Waals surface area contributed by atoms with Crippen LogP contribution in [0.2, 0.25) is 0 Å². The Hall–Kier alpha value is -2.95. The lowest BCUT2D eigenvalue weighted by Crippen LogP contribution is -2.44. The highest BCUT2D eigenvalue weighted by atomic mass is 16.2. The average Bonchev–Trinajstić information content (AvgIpc) is 3.44. The number of H-pyrrole nitrogens is 1. The van der Waals surface area contributed by atoms with Crippen LogP contribution in [0.3, 0.4) is 0 Å². The van der Waals surface area contributed by atoms with Gasteiger partial charge < -0.3 is 4.90 Å². The fourth-order valence-electron chi connectivity index (χ4n) is 4.37. The van der Waals surface area contributed by atoms with Crippen LogP contribution in [0, 0.1) is 6.92 Å². The van der Waals surface area contributed by atoms with Crippen LogP contribution in [0.25, 0.3) is 11.3 Å². The van der Waals surface area contributed by atoms with Gasteiger partial charge in [0.15, 0.2) is 0 Å². The quantitative estimate of drug-likeness (QED) is 0.754. The van der Waals surface area contributed by atoms with Crippen LogP contribution >= 0.6 is 0 Å². The standard InChI is InChI=1S/C23H24N4O/c1-15-12-16(5-9-20(15)22-4-2-3-11-24-22)23(28)27(18-6-7-18)19-8-10-21-17(13-19)14-25-26-21/h2-5,9,11-12,14,18-19H,6-8,10,13H2,1H3,(H,25,26). The van der Waals surface area contributed by atoms with Gasteiger partial charge in [-0.1, -0.05) is 12.1 Å². The third-order valence-electron chi connectivity index (χ3n) is 5.97. The summed E-state index contributed by atoms with van der Waals surface area (Å²) < 4.78 is 0. The highest BCUT2D eigenvalue weighted by Crippen LogP contribution is 2.35. The first-order chi connectivity index (χ1) is 13.7. The van der Waals surface area contributed by atoms with E-state index in [4.69, 9.17) is 0 Å². The number of aromatic amines is 1. The van der Waals surface area contributed by atoms with Crippen molar-refractivity contribution in [3.05, 3.63) is 71.2 Å². The fourth-order valence-corrected chi connectivity index (χ4v) is 4.37. The molecule has 28 heavy (non-hydrogen) atoms. The van der Waals surface area contributed by atoms with Gasteiger partial charge in [0.2, 0.25) is 0 Å². The van der Waals surface area contributed by atoms with Crippen molar-refractivity contribution in [2.45, 2.75) is 51.1 Å². The molecule has 1 fully saturated rings. The van der Waals surface area contributed by atoms with Crippen LogP contribution in [-0.4, -0.2) is 38.1 Å². The van der Waals surface area contributed by atoms with E-state index in [1.54, 1.807) is 6.20 Å². The van der Waals surface area contributed by atoms with E-state index in [9.17, 15) is 4.79 Å². The van der Waals surface area contributed by atoms with Crippen molar-refractivity contribution in [1.82, 2.24) is 20.1 Å². The number of carbonyl (C=O) groups is 1. The van der Waals surface area contributed by atoms with E-state index in [2.05, 4.69) is 27.0 Å². The normalized spacial score (nSPS) is 18.5. The van der Waals surface area contributed by atoms with Crippen molar-refractivity contribution in [3.63, 3.8) is 0 Å². The summed E-state index contributed by atoms with van der Waals surface area (Å²) in [6.45, 7) is 2.06. The van der Waals surface area contributed by atoms with Crippen molar-refractivity contribution < 1.29 is 4.79 Å². The third kappa shape index (κ3) is 3.11. The number of nitrogens with zero attached hydrogens (tertiary/aromatic N) is 3. The fraction of sp³-hybridized carbons (Fsp3) is 0.348. The molecule has 1 N–H and O–H groups in total. The number of hydrogen-bond donors (Lipinski definition) is 1. The first kappa shape index (κ1) is 17.2. The van der Waals surface area contributed by atoms with Crippen LogP contribution in [0.1, 0.15) is 46.4 Å². The number of amides is 1. The molecular formula is C23H24N4O. The van der Waals surface area contributed by atoms with Crippen molar-refractivity contribution >= 4 is 5.91 Å². The predicted molar refractivity (Wildman–Crippen MR) is 108 cm³/mol. The van der Waals surface area contributed by atoms with E-state index >= 15 is 0 Å². The SMILES string of the molecule is Cc1cc(C(=O)N(C2CC2)C2CCc3[nH]ncc3C2)ccc1-c1ccccn1. The van der Waals surface area contributed by atoms with Crippen LogP contribution in [0.15, 0.2) is 48.8 Å². The van der Waals surface area contributed by atoms with Crippen molar-refractivity contribution in [2.24, 2.45) is 0 Å². The van der Waals surface area contributed by atoms with Gasteiger partial charge in [-0.2, -0.15) is 5.10 Å². The number of hydrogen-bond acceptors (Lipinski definition) is 3. The number of fused-ring (bicyclic) bond motifs is 1. The summed E-state index contributed by atoms with van der Waals surface area (Å²) in [4.78, 5) is 20.1. The maximum absolute atomic E-state index is 13.5. The molecule has 0 saturated heterocycles. The zero-order valence-electron chi connectivity index (χ0n) is 16.1. The van der Waals surface area contributed by atoms with Crippen molar-refractivity contribution in [1.29, 1.82) is 0 Å². The largest absolute Gasteiger partial charge is 0.332 e. The second kappa shape index (κ2) is 6.89.